The molecule has 1 atom stereocenters. The summed E-state index contributed by atoms with van der Waals surface area (Å²) in [4.78, 5) is 20.7. The van der Waals surface area contributed by atoms with Crippen molar-refractivity contribution in [2.24, 2.45) is 0 Å². The molecule has 0 saturated carbocycles. The van der Waals surface area contributed by atoms with Gasteiger partial charge in [-0.15, -0.1) is 0 Å². The molecular formula is C31H29F3N4O3. The van der Waals surface area contributed by atoms with Crippen LogP contribution in [0.15, 0.2) is 66.7 Å². The van der Waals surface area contributed by atoms with E-state index in [1.54, 1.807) is 6.07 Å². The maximum atomic E-state index is 14.0. The number of fused-ring (bicyclic) bond motifs is 2. The van der Waals surface area contributed by atoms with Crippen LogP contribution in [0.2, 0.25) is 0 Å². The second-order valence-electron chi connectivity index (χ2n) is 10.3. The highest BCUT2D eigenvalue weighted by Crippen LogP contribution is 2.37. The first-order valence-electron chi connectivity index (χ1n) is 13.5. The molecule has 0 spiro atoms. The zero-order valence-electron chi connectivity index (χ0n) is 22.4. The van der Waals surface area contributed by atoms with Crippen molar-refractivity contribution < 1.29 is 27.4 Å². The fourth-order valence-electron chi connectivity index (χ4n) is 5.46. The first-order valence-corrected chi connectivity index (χ1v) is 13.5. The molecule has 1 amide bonds. The zero-order chi connectivity index (χ0) is 28.6. The van der Waals surface area contributed by atoms with Crippen molar-refractivity contribution in [2.45, 2.75) is 31.6 Å². The van der Waals surface area contributed by atoms with E-state index < -0.39 is 11.7 Å². The molecule has 0 aliphatic carbocycles. The summed E-state index contributed by atoms with van der Waals surface area (Å²) in [6.07, 6.45) is -2.53. The molecule has 0 bridgehead atoms. The number of carbonyl (C=O) groups is 1. The van der Waals surface area contributed by atoms with Gasteiger partial charge >= 0.3 is 6.18 Å². The standard InChI is InChI=1S/C31H29F3N4O3/c1-35-17-23-3-2-12-38(23)30(39)25-15-29(36-16-19-4-8-22(9-5-19)31(32,33)34)37-26-10-6-20(13-24(25)26)21-7-11-27-28(14-21)41-18-40-27/h4-11,13-15,23,35H,2-3,12,16-18H2,1H3,(H,36,37)/t23-/m0/s1. The molecule has 2 aliphatic heterocycles. The highest BCUT2D eigenvalue weighted by atomic mass is 19.4. The first kappa shape index (κ1) is 26.9. The van der Waals surface area contributed by atoms with Crippen molar-refractivity contribution >= 4 is 22.6 Å². The maximum absolute atomic E-state index is 14.0. The molecule has 1 aromatic heterocycles. The lowest BCUT2D eigenvalue weighted by molar-refractivity contribution is -0.137. The summed E-state index contributed by atoms with van der Waals surface area (Å²) in [6, 6.07) is 18.4. The number of pyridine rings is 1. The van der Waals surface area contributed by atoms with Crippen molar-refractivity contribution in [3.05, 3.63) is 83.4 Å². The van der Waals surface area contributed by atoms with E-state index in [1.807, 2.05) is 48.3 Å². The van der Waals surface area contributed by atoms with Crippen LogP contribution in [0.25, 0.3) is 22.0 Å². The number of nitrogens with one attached hydrogen (secondary N) is 2. The van der Waals surface area contributed by atoms with Crippen LogP contribution in [0.1, 0.15) is 34.3 Å². The number of halogens is 3. The summed E-state index contributed by atoms with van der Waals surface area (Å²) in [7, 11) is 1.88. The van der Waals surface area contributed by atoms with Gasteiger partial charge < -0.3 is 25.0 Å². The Kier molecular flexibility index (Phi) is 7.17. The number of hydrogen-bond acceptors (Lipinski definition) is 6. The topological polar surface area (TPSA) is 75.7 Å². The molecule has 0 radical (unpaired) electrons. The predicted molar refractivity (Wildman–Crippen MR) is 150 cm³/mol. The average Bonchev–Trinajstić information content (AvgIpc) is 3.64. The van der Waals surface area contributed by atoms with Gasteiger partial charge in [0.15, 0.2) is 11.5 Å². The minimum Gasteiger partial charge on any atom is -0.454 e. The summed E-state index contributed by atoms with van der Waals surface area (Å²) >= 11 is 0. The lowest BCUT2D eigenvalue weighted by Gasteiger charge is -2.25. The molecule has 41 heavy (non-hydrogen) atoms. The zero-order valence-corrected chi connectivity index (χ0v) is 22.4. The van der Waals surface area contributed by atoms with E-state index >= 15 is 0 Å². The second-order valence-corrected chi connectivity index (χ2v) is 10.3. The Balaban J connectivity index is 1.35. The van der Waals surface area contributed by atoms with Gasteiger partial charge in [-0.1, -0.05) is 24.3 Å². The summed E-state index contributed by atoms with van der Waals surface area (Å²) in [5, 5.41) is 7.11. The van der Waals surface area contributed by atoms with Crippen molar-refractivity contribution in [2.75, 3.05) is 32.2 Å². The van der Waals surface area contributed by atoms with Crippen LogP contribution in [-0.2, 0) is 12.7 Å². The molecule has 6 rings (SSSR count). The van der Waals surface area contributed by atoms with Crippen LogP contribution in [-0.4, -0.2) is 48.8 Å². The molecule has 2 N–H and O–H groups in total. The molecule has 0 unspecified atom stereocenters. The van der Waals surface area contributed by atoms with Crippen LogP contribution in [0, 0.1) is 0 Å². The van der Waals surface area contributed by atoms with Gasteiger partial charge in [0.1, 0.15) is 5.82 Å². The van der Waals surface area contributed by atoms with E-state index in [2.05, 4.69) is 10.6 Å². The van der Waals surface area contributed by atoms with E-state index in [0.717, 1.165) is 41.5 Å². The fourth-order valence-corrected chi connectivity index (χ4v) is 5.46. The third kappa shape index (κ3) is 5.52. The lowest BCUT2D eigenvalue weighted by atomic mass is 9.99. The normalized spacial score (nSPS) is 16.4. The Labute approximate surface area is 235 Å². The Hall–Kier alpha value is -4.31. The fraction of sp³-hybridized carbons (Fsp3) is 0.290. The van der Waals surface area contributed by atoms with Gasteiger partial charge in [0.25, 0.3) is 5.91 Å². The molecular weight excluding hydrogens is 533 g/mol. The van der Waals surface area contributed by atoms with Crippen LogP contribution in [0.3, 0.4) is 0 Å². The Morgan fingerprint density at radius 1 is 1.00 bits per heavy atom. The molecule has 3 aromatic carbocycles. The molecule has 3 heterocycles. The lowest BCUT2D eigenvalue weighted by Crippen LogP contribution is -2.41. The molecule has 4 aromatic rings. The summed E-state index contributed by atoms with van der Waals surface area (Å²) in [5.74, 6) is 1.77. The van der Waals surface area contributed by atoms with Gasteiger partial charge in [0, 0.05) is 31.1 Å². The molecule has 212 valence electrons. The Bertz CT molecular complexity index is 1590. The third-order valence-electron chi connectivity index (χ3n) is 7.58. The quantitative estimate of drug-likeness (QED) is 0.284. The van der Waals surface area contributed by atoms with Gasteiger partial charge in [0.2, 0.25) is 6.79 Å². The number of aromatic nitrogens is 1. The van der Waals surface area contributed by atoms with Crippen molar-refractivity contribution in [3.8, 4) is 22.6 Å². The first-order chi connectivity index (χ1) is 19.8. The van der Waals surface area contributed by atoms with Gasteiger partial charge in [-0.25, -0.2) is 4.98 Å². The number of benzene rings is 3. The highest BCUT2D eigenvalue weighted by Gasteiger charge is 2.31. The minimum atomic E-state index is -4.39. The predicted octanol–water partition coefficient (Wildman–Crippen LogP) is 6.09. The van der Waals surface area contributed by atoms with Crippen molar-refractivity contribution in [1.29, 1.82) is 0 Å². The molecule has 2 aliphatic rings. The highest BCUT2D eigenvalue weighted by molar-refractivity contribution is 6.08. The largest absolute Gasteiger partial charge is 0.454 e. The van der Waals surface area contributed by atoms with Crippen LogP contribution in [0.4, 0.5) is 19.0 Å². The third-order valence-corrected chi connectivity index (χ3v) is 7.58. The van der Waals surface area contributed by atoms with E-state index in [1.165, 1.54) is 12.1 Å². The number of anilines is 1. The second kappa shape index (κ2) is 10.9. The monoisotopic (exact) mass is 562 g/mol. The number of nitrogens with zero attached hydrogens (tertiary/aromatic N) is 2. The van der Waals surface area contributed by atoms with Gasteiger partial charge in [-0.3, -0.25) is 4.79 Å². The Morgan fingerprint density at radius 3 is 2.54 bits per heavy atom. The molecule has 7 nitrogen and oxygen atoms in total. The smallest absolute Gasteiger partial charge is 0.416 e. The summed E-state index contributed by atoms with van der Waals surface area (Å²) < 4.78 is 49.9. The average molecular weight is 563 g/mol. The van der Waals surface area contributed by atoms with E-state index in [9.17, 15) is 18.0 Å². The molecule has 1 saturated heterocycles. The van der Waals surface area contributed by atoms with Crippen LogP contribution >= 0.6 is 0 Å². The SMILES string of the molecule is CNC[C@@H]1CCCN1C(=O)c1cc(NCc2ccc(C(F)(F)F)cc2)nc2ccc(-c3ccc4c(c3)OCO4)cc12. The number of ether oxygens (including phenoxy) is 2. The van der Waals surface area contributed by atoms with Gasteiger partial charge in [-0.05, 0) is 79.0 Å². The minimum absolute atomic E-state index is 0.0735. The number of hydrogen-bond donors (Lipinski definition) is 2. The number of likely N-dealkylation sites (N-methyl/N-ethyl adjacent to an activating group) is 1. The number of likely N-dealkylation sites (tertiary alicyclic amines) is 1. The molecule has 10 heteroatoms. The van der Waals surface area contributed by atoms with E-state index in [0.29, 0.717) is 47.1 Å². The van der Waals surface area contributed by atoms with E-state index in [4.69, 9.17) is 14.5 Å². The Morgan fingerprint density at radius 2 is 1.76 bits per heavy atom. The number of alkyl halides is 3. The summed E-state index contributed by atoms with van der Waals surface area (Å²) in [6.45, 7) is 1.82. The number of amides is 1. The van der Waals surface area contributed by atoms with Crippen molar-refractivity contribution in [3.63, 3.8) is 0 Å². The van der Waals surface area contributed by atoms with Gasteiger partial charge in [0.05, 0.1) is 16.6 Å². The number of rotatable bonds is 7. The maximum Gasteiger partial charge on any atom is 0.416 e. The van der Waals surface area contributed by atoms with Crippen LogP contribution in [0.5, 0.6) is 11.5 Å². The van der Waals surface area contributed by atoms with E-state index in [-0.39, 0.29) is 25.3 Å². The molecule has 1 fully saturated rings. The van der Waals surface area contributed by atoms with Crippen molar-refractivity contribution in [1.82, 2.24) is 15.2 Å². The van der Waals surface area contributed by atoms with Gasteiger partial charge in [-0.2, -0.15) is 13.2 Å². The number of carbonyl (C=O) groups excluding carboxylic acids is 1. The van der Waals surface area contributed by atoms with Crippen LogP contribution < -0.4 is 20.1 Å². The summed E-state index contributed by atoms with van der Waals surface area (Å²) in [5.41, 5.74) is 2.96.